The summed E-state index contributed by atoms with van der Waals surface area (Å²) >= 11 is 0. The van der Waals surface area contributed by atoms with Gasteiger partial charge in [0.15, 0.2) is 0 Å². The number of benzene rings is 1. The lowest BCUT2D eigenvalue weighted by molar-refractivity contribution is -0.117. The molecule has 0 bridgehead atoms. The maximum Gasteiger partial charge on any atom is 0.366 e. The van der Waals surface area contributed by atoms with E-state index in [1.54, 1.807) is 17.6 Å². The molecule has 1 aromatic carbocycles. The molecule has 13 heavy (non-hydrogen) atoms. The van der Waals surface area contributed by atoms with Gasteiger partial charge in [-0.15, -0.1) is 0 Å². The van der Waals surface area contributed by atoms with E-state index in [1.807, 2.05) is 0 Å². The molecule has 0 heterocycles. The molecular formula is C8H7NO4. The monoisotopic (exact) mass is 181 g/mol. The lowest BCUT2D eigenvalue weighted by atomic mass is 10.2. The van der Waals surface area contributed by atoms with Gasteiger partial charge in [0.25, 0.3) is 0 Å². The second kappa shape index (κ2) is 4.10. The van der Waals surface area contributed by atoms with Gasteiger partial charge in [0.05, 0.1) is 0 Å². The standard InChI is InChI=1S/C8H7NO4/c10-5-9-13-8(12)6-3-1-2-4-7(6)11/h1-5,11H,(H,9,10). The Hall–Kier alpha value is -2.04. The van der Waals surface area contributed by atoms with Gasteiger partial charge in [-0.2, -0.15) is 5.48 Å². The maximum absolute atomic E-state index is 11.0. The molecule has 0 aliphatic carbocycles. The summed E-state index contributed by atoms with van der Waals surface area (Å²) in [6.07, 6.45) is 0.220. The molecule has 1 aromatic rings. The van der Waals surface area contributed by atoms with E-state index in [-0.39, 0.29) is 17.7 Å². The lowest BCUT2D eigenvalue weighted by Crippen LogP contribution is -2.18. The molecule has 0 atom stereocenters. The highest BCUT2D eigenvalue weighted by Crippen LogP contribution is 2.15. The van der Waals surface area contributed by atoms with Gasteiger partial charge in [-0.25, -0.2) is 4.79 Å². The van der Waals surface area contributed by atoms with E-state index in [9.17, 15) is 9.59 Å². The third-order valence-electron chi connectivity index (χ3n) is 1.32. The number of para-hydroxylation sites is 1. The highest BCUT2D eigenvalue weighted by atomic mass is 16.7. The van der Waals surface area contributed by atoms with Gasteiger partial charge in [0, 0.05) is 0 Å². The van der Waals surface area contributed by atoms with Crippen molar-refractivity contribution in [2.45, 2.75) is 0 Å². The molecule has 0 saturated heterocycles. The first-order valence-electron chi connectivity index (χ1n) is 3.44. The van der Waals surface area contributed by atoms with Gasteiger partial charge in [0.2, 0.25) is 6.41 Å². The molecule has 0 radical (unpaired) electrons. The summed E-state index contributed by atoms with van der Waals surface area (Å²) < 4.78 is 0. The number of nitrogens with one attached hydrogen (secondary N) is 1. The van der Waals surface area contributed by atoms with Crippen LogP contribution >= 0.6 is 0 Å². The Morgan fingerprint density at radius 2 is 2.15 bits per heavy atom. The summed E-state index contributed by atoms with van der Waals surface area (Å²) in [7, 11) is 0. The summed E-state index contributed by atoms with van der Waals surface area (Å²) in [4.78, 5) is 25.0. The minimum absolute atomic E-state index is 0.00292. The Balaban J connectivity index is 2.76. The van der Waals surface area contributed by atoms with Crippen molar-refractivity contribution >= 4 is 12.4 Å². The van der Waals surface area contributed by atoms with Gasteiger partial charge < -0.3 is 9.94 Å². The van der Waals surface area contributed by atoms with Gasteiger partial charge in [-0.05, 0) is 12.1 Å². The number of carbonyl (C=O) groups is 2. The van der Waals surface area contributed by atoms with E-state index in [1.165, 1.54) is 12.1 Å². The molecule has 2 N–H and O–H groups in total. The number of phenols is 1. The van der Waals surface area contributed by atoms with E-state index in [4.69, 9.17) is 5.11 Å². The van der Waals surface area contributed by atoms with Gasteiger partial charge >= 0.3 is 5.97 Å². The number of hydroxylamine groups is 1. The SMILES string of the molecule is O=CNOC(=O)c1ccccc1O. The van der Waals surface area contributed by atoms with E-state index in [0.717, 1.165) is 0 Å². The molecule has 0 fully saturated rings. The van der Waals surface area contributed by atoms with E-state index in [0.29, 0.717) is 0 Å². The van der Waals surface area contributed by atoms with E-state index < -0.39 is 5.97 Å². The lowest BCUT2D eigenvalue weighted by Gasteiger charge is -2.02. The fourth-order valence-electron chi connectivity index (χ4n) is 0.779. The van der Waals surface area contributed by atoms with Crippen LogP contribution in [0, 0.1) is 0 Å². The molecule has 5 heteroatoms. The van der Waals surface area contributed by atoms with Crippen molar-refractivity contribution in [3.8, 4) is 5.75 Å². The Bertz CT molecular complexity index is 324. The minimum Gasteiger partial charge on any atom is -0.507 e. The normalized spacial score (nSPS) is 8.92. The zero-order chi connectivity index (χ0) is 9.68. The quantitative estimate of drug-likeness (QED) is 0.516. The fourth-order valence-corrected chi connectivity index (χ4v) is 0.779. The number of amides is 1. The predicted molar refractivity (Wildman–Crippen MR) is 42.7 cm³/mol. The third kappa shape index (κ3) is 2.19. The van der Waals surface area contributed by atoms with Gasteiger partial charge in [-0.1, -0.05) is 12.1 Å². The highest BCUT2D eigenvalue weighted by molar-refractivity contribution is 5.92. The van der Waals surface area contributed by atoms with Crippen LogP contribution in [0.4, 0.5) is 0 Å². The van der Waals surface area contributed by atoms with Crippen molar-refractivity contribution in [3.63, 3.8) is 0 Å². The van der Waals surface area contributed by atoms with Crippen molar-refractivity contribution < 1.29 is 19.5 Å². The highest BCUT2D eigenvalue weighted by Gasteiger charge is 2.10. The average molecular weight is 181 g/mol. The summed E-state index contributed by atoms with van der Waals surface area (Å²) in [6, 6.07) is 5.86. The van der Waals surface area contributed by atoms with Crippen LogP contribution in [0.1, 0.15) is 10.4 Å². The first-order chi connectivity index (χ1) is 6.25. The van der Waals surface area contributed by atoms with Crippen molar-refractivity contribution in [3.05, 3.63) is 29.8 Å². The molecule has 0 aliphatic heterocycles. The van der Waals surface area contributed by atoms with Crippen LogP contribution in [0.3, 0.4) is 0 Å². The van der Waals surface area contributed by atoms with Gasteiger partial charge in [-0.3, -0.25) is 4.79 Å². The van der Waals surface area contributed by atoms with Crippen LogP contribution in [-0.2, 0) is 9.63 Å². The molecule has 1 amide bonds. The number of carbonyl (C=O) groups excluding carboxylic acids is 2. The van der Waals surface area contributed by atoms with Crippen LogP contribution < -0.4 is 5.48 Å². The third-order valence-corrected chi connectivity index (χ3v) is 1.32. The Labute approximate surface area is 73.9 Å². The number of hydrogen-bond acceptors (Lipinski definition) is 4. The summed E-state index contributed by atoms with van der Waals surface area (Å²) in [5.41, 5.74) is 1.73. The first kappa shape index (κ1) is 9.05. The second-order valence-electron chi connectivity index (χ2n) is 2.14. The zero-order valence-corrected chi connectivity index (χ0v) is 6.56. The fraction of sp³-hybridized carbons (Fsp3) is 0. The van der Waals surface area contributed by atoms with Crippen LogP contribution in [0.15, 0.2) is 24.3 Å². The average Bonchev–Trinajstić information content (AvgIpc) is 2.15. The molecule has 68 valence electrons. The molecule has 0 aliphatic rings. The number of phenolic OH excluding ortho intramolecular Hbond substituents is 1. The Morgan fingerprint density at radius 3 is 2.77 bits per heavy atom. The number of aromatic hydroxyl groups is 1. The second-order valence-corrected chi connectivity index (χ2v) is 2.14. The van der Waals surface area contributed by atoms with Crippen LogP contribution in [0.25, 0.3) is 0 Å². The van der Waals surface area contributed by atoms with Crippen molar-refractivity contribution in [2.75, 3.05) is 0 Å². The van der Waals surface area contributed by atoms with Crippen LogP contribution in [0.5, 0.6) is 5.75 Å². The molecule has 0 spiro atoms. The first-order valence-corrected chi connectivity index (χ1v) is 3.44. The Kier molecular flexibility index (Phi) is 2.86. The number of rotatable bonds is 3. The largest absolute Gasteiger partial charge is 0.507 e. The van der Waals surface area contributed by atoms with Gasteiger partial charge in [0.1, 0.15) is 11.3 Å². The van der Waals surface area contributed by atoms with E-state index >= 15 is 0 Å². The topological polar surface area (TPSA) is 75.6 Å². The molecule has 0 saturated carbocycles. The van der Waals surface area contributed by atoms with Crippen molar-refractivity contribution in [1.82, 2.24) is 5.48 Å². The molecular weight excluding hydrogens is 174 g/mol. The van der Waals surface area contributed by atoms with Crippen molar-refractivity contribution in [1.29, 1.82) is 0 Å². The van der Waals surface area contributed by atoms with E-state index in [2.05, 4.69) is 4.84 Å². The predicted octanol–water partition coefficient (Wildman–Crippen LogP) is 0.210. The van der Waals surface area contributed by atoms with Crippen LogP contribution in [0.2, 0.25) is 0 Å². The zero-order valence-electron chi connectivity index (χ0n) is 6.56. The van der Waals surface area contributed by atoms with Crippen molar-refractivity contribution in [2.24, 2.45) is 0 Å². The summed E-state index contributed by atoms with van der Waals surface area (Å²) in [6.45, 7) is 0. The molecule has 0 unspecified atom stereocenters. The Morgan fingerprint density at radius 1 is 1.46 bits per heavy atom. The molecule has 5 nitrogen and oxygen atoms in total. The minimum atomic E-state index is -0.815. The summed E-state index contributed by atoms with van der Waals surface area (Å²) in [5, 5.41) is 9.16. The molecule has 0 aromatic heterocycles. The van der Waals surface area contributed by atoms with Crippen LogP contribution in [-0.4, -0.2) is 17.5 Å². The summed E-state index contributed by atoms with van der Waals surface area (Å²) in [5.74, 6) is -1.01. The molecule has 1 rings (SSSR count). The number of hydrogen-bond donors (Lipinski definition) is 2. The maximum atomic E-state index is 11.0. The smallest absolute Gasteiger partial charge is 0.366 e.